The molecule has 2 N–H and O–H groups in total. The van der Waals surface area contributed by atoms with Gasteiger partial charge in [-0.1, -0.05) is 0 Å². The van der Waals surface area contributed by atoms with Crippen LogP contribution in [0, 0.1) is 4.77 Å². The van der Waals surface area contributed by atoms with Crippen molar-refractivity contribution in [3.63, 3.8) is 0 Å². The van der Waals surface area contributed by atoms with Gasteiger partial charge in [-0.25, -0.2) is 9.89 Å². The zero-order chi connectivity index (χ0) is 9.42. The number of aromatic amines is 2. The first kappa shape index (κ1) is 8.71. The molecule has 6 heteroatoms. The number of hydrogen-bond acceptors (Lipinski definition) is 3. The van der Waals surface area contributed by atoms with Crippen molar-refractivity contribution in [3.05, 3.63) is 15.3 Å². The highest BCUT2D eigenvalue weighted by molar-refractivity contribution is 7.71. The van der Waals surface area contributed by atoms with Gasteiger partial charge in [0.15, 0.2) is 4.77 Å². The summed E-state index contributed by atoms with van der Waals surface area (Å²) in [5.41, 5.74) is -0.162. The van der Waals surface area contributed by atoms with Crippen LogP contribution in [0.15, 0.2) is 4.79 Å². The van der Waals surface area contributed by atoms with Crippen LogP contribution in [0.25, 0.3) is 0 Å². The van der Waals surface area contributed by atoms with E-state index < -0.39 is 0 Å². The molecule has 0 amide bonds. The SMILES string of the molecule is COC1CC(n2c(=O)[nH][nH]c2=S)C1. The average Bonchev–Trinajstić information content (AvgIpc) is 2.33. The summed E-state index contributed by atoms with van der Waals surface area (Å²) in [6.45, 7) is 0. The highest BCUT2D eigenvalue weighted by atomic mass is 32.1. The lowest BCUT2D eigenvalue weighted by molar-refractivity contribution is 0.00480. The molecule has 1 heterocycles. The Hall–Kier alpha value is -0.880. The summed E-state index contributed by atoms with van der Waals surface area (Å²) >= 11 is 4.96. The van der Waals surface area contributed by atoms with Crippen molar-refractivity contribution >= 4 is 12.2 Å². The van der Waals surface area contributed by atoms with Crippen molar-refractivity contribution in [2.24, 2.45) is 0 Å². The summed E-state index contributed by atoms with van der Waals surface area (Å²) < 4.78 is 7.16. The van der Waals surface area contributed by atoms with Gasteiger partial charge in [-0.3, -0.25) is 9.67 Å². The number of H-pyrrole nitrogens is 2. The Balaban J connectivity index is 2.20. The second kappa shape index (κ2) is 3.12. The third-order valence-corrected chi connectivity index (χ3v) is 2.78. The molecule has 0 bridgehead atoms. The number of nitrogens with one attached hydrogen (secondary N) is 2. The normalized spacial score (nSPS) is 27.2. The smallest absolute Gasteiger partial charge is 0.342 e. The molecular formula is C7H11N3O2S. The van der Waals surface area contributed by atoms with E-state index in [4.69, 9.17) is 17.0 Å². The van der Waals surface area contributed by atoms with Gasteiger partial charge >= 0.3 is 5.69 Å². The van der Waals surface area contributed by atoms with Crippen molar-refractivity contribution in [2.75, 3.05) is 7.11 Å². The minimum absolute atomic E-state index is 0.162. The van der Waals surface area contributed by atoms with Crippen molar-refractivity contribution < 1.29 is 4.74 Å². The molecule has 0 aliphatic heterocycles. The number of aromatic nitrogens is 3. The standard InChI is InChI=1S/C7H11N3O2S/c1-12-5-2-4(3-5)10-6(11)8-9-7(10)13/h4-5H,2-3H2,1H3,(H,8,11)(H,9,13). The van der Waals surface area contributed by atoms with Gasteiger partial charge < -0.3 is 4.74 Å². The second-order valence-corrected chi connectivity index (χ2v) is 3.60. The van der Waals surface area contributed by atoms with Crippen LogP contribution in [0.3, 0.4) is 0 Å². The van der Waals surface area contributed by atoms with Crippen molar-refractivity contribution in [1.82, 2.24) is 14.8 Å². The van der Waals surface area contributed by atoms with Crippen molar-refractivity contribution in [2.45, 2.75) is 25.0 Å². The summed E-state index contributed by atoms with van der Waals surface area (Å²) in [7, 11) is 1.68. The third kappa shape index (κ3) is 1.36. The lowest BCUT2D eigenvalue weighted by Crippen LogP contribution is -2.36. The van der Waals surface area contributed by atoms with Crippen LogP contribution in [0.1, 0.15) is 18.9 Å². The molecule has 1 aromatic rings. The number of hydrogen-bond donors (Lipinski definition) is 2. The Kier molecular flexibility index (Phi) is 2.09. The molecule has 0 unspecified atom stereocenters. The fourth-order valence-electron chi connectivity index (χ4n) is 1.59. The van der Waals surface area contributed by atoms with Crippen LogP contribution in [-0.4, -0.2) is 28.0 Å². The summed E-state index contributed by atoms with van der Waals surface area (Å²) in [6.07, 6.45) is 2.01. The molecule has 1 fully saturated rings. The Bertz CT molecular complexity index is 371. The second-order valence-electron chi connectivity index (χ2n) is 3.21. The zero-order valence-electron chi connectivity index (χ0n) is 7.24. The van der Waals surface area contributed by atoms with Crippen LogP contribution in [-0.2, 0) is 4.74 Å². The number of ether oxygens (including phenoxy) is 1. The summed E-state index contributed by atoms with van der Waals surface area (Å²) in [6, 6.07) is 0.201. The van der Waals surface area contributed by atoms with E-state index in [-0.39, 0.29) is 17.8 Å². The number of rotatable bonds is 2. The lowest BCUT2D eigenvalue weighted by atomic mass is 9.89. The quantitative estimate of drug-likeness (QED) is 0.688. The predicted octanol–water partition coefficient (Wildman–Crippen LogP) is 0.584. The van der Waals surface area contributed by atoms with Crippen LogP contribution >= 0.6 is 12.2 Å². The summed E-state index contributed by atoms with van der Waals surface area (Å²) in [4.78, 5) is 11.2. The maximum atomic E-state index is 11.2. The first-order valence-corrected chi connectivity index (χ1v) is 4.55. The largest absolute Gasteiger partial charge is 0.381 e. The molecule has 0 atom stereocenters. The van der Waals surface area contributed by atoms with Gasteiger partial charge in [0, 0.05) is 13.2 Å². The average molecular weight is 201 g/mol. The van der Waals surface area contributed by atoms with Crippen molar-refractivity contribution in [1.29, 1.82) is 0 Å². The van der Waals surface area contributed by atoms with Gasteiger partial charge in [-0.15, -0.1) is 0 Å². The summed E-state index contributed by atoms with van der Waals surface area (Å²) in [5.74, 6) is 0. The molecule has 2 rings (SSSR count). The van der Waals surface area contributed by atoms with Gasteiger partial charge in [0.2, 0.25) is 0 Å². The first-order chi connectivity index (χ1) is 6.22. The molecule has 0 radical (unpaired) electrons. The van der Waals surface area contributed by atoms with Crippen LogP contribution in [0.2, 0.25) is 0 Å². The van der Waals surface area contributed by atoms with Crippen LogP contribution in [0.5, 0.6) is 0 Å². The lowest BCUT2D eigenvalue weighted by Gasteiger charge is -2.33. The van der Waals surface area contributed by atoms with E-state index in [1.807, 2.05) is 0 Å². The first-order valence-electron chi connectivity index (χ1n) is 4.14. The van der Waals surface area contributed by atoms with Gasteiger partial charge in [0.25, 0.3) is 0 Å². The highest BCUT2D eigenvalue weighted by Crippen LogP contribution is 2.32. The van der Waals surface area contributed by atoms with E-state index in [2.05, 4.69) is 10.2 Å². The van der Waals surface area contributed by atoms with Gasteiger partial charge in [0.1, 0.15) is 0 Å². The Labute approximate surface area is 79.7 Å². The molecular weight excluding hydrogens is 190 g/mol. The van der Waals surface area contributed by atoms with E-state index in [1.54, 1.807) is 11.7 Å². The van der Waals surface area contributed by atoms with E-state index >= 15 is 0 Å². The van der Waals surface area contributed by atoms with Gasteiger partial charge in [0.05, 0.1) is 6.10 Å². The zero-order valence-corrected chi connectivity index (χ0v) is 8.06. The van der Waals surface area contributed by atoms with Crippen LogP contribution in [0.4, 0.5) is 0 Å². The molecule has 1 aliphatic rings. The monoisotopic (exact) mass is 201 g/mol. The number of nitrogens with zero attached hydrogens (tertiary/aromatic N) is 1. The molecule has 0 aromatic carbocycles. The van der Waals surface area contributed by atoms with E-state index in [9.17, 15) is 4.79 Å². The maximum Gasteiger partial charge on any atom is 0.342 e. The topological polar surface area (TPSA) is 62.8 Å². The van der Waals surface area contributed by atoms with Crippen molar-refractivity contribution in [3.8, 4) is 0 Å². The third-order valence-electron chi connectivity index (χ3n) is 2.48. The van der Waals surface area contributed by atoms with E-state index in [0.29, 0.717) is 4.77 Å². The van der Waals surface area contributed by atoms with Gasteiger partial charge in [-0.05, 0) is 25.1 Å². The maximum absolute atomic E-state index is 11.2. The molecule has 72 valence electrons. The number of methoxy groups -OCH3 is 1. The fraction of sp³-hybridized carbons (Fsp3) is 0.714. The minimum atomic E-state index is -0.162. The summed E-state index contributed by atoms with van der Waals surface area (Å²) in [5, 5.41) is 5.07. The Morgan fingerprint density at radius 3 is 2.69 bits per heavy atom. The molecule has 1 aromatic heterocycles. The molecule has 0 spiro atoms. The molecule has 0 saturated heterocycles. The molecule has 1 aliphatic carbocycles. The fourth-order valence-corrected chi connectivity index (χ4v) is 1.88. The predicted molar refractivity (Wildman–Crippen MR) is 49.3 cm³/mol. The van der Waals surface area contributed by atoms with Crippen LogP contribution < -0.4 is 5.69 Å². The van der Waals surface area contributed by atoms with Gasteiger partial charge in [-0.2, -0.15) is 0 Å². The van der Waals surface area contributed by atoms with E-state index in [1.165, 1.54) is 0 Å². The molecule has 13 heavy (non-hydrogen) atoms. The highest BCUT2D eigenvalue weighted by Gasteiger charge is 2.31. The molecule has 5 nitrogen and oxygen atoms in total. The Morgan fingerprint density at radius 2 is 2.23 bits per heavy atom. The molecule has 1 saturated carbocycles. The minimum Gasteiger partial charge on any atom is -0.381 e. The Morgan fingerprint density at radius 1 is 1.54 bits per heavy atom. The van der Waals surface area contributed by atoms with E-state index in [0.717, 1.165) is 12.8 Å².